The fourth-order valence-corrected chi connectivity index (χ4v) is 5.76. The lowest BCUT2D eigenvalue weighted by atomic mass is 9.93. The highest BCUT2D eigenvalue weighted by atomic mass is 16.5. The molecule has 1 aliphatic heterocycles. The number of aliphatic carboxylic acids is 1. The van der Waals surface area contributed by atoms with Crippen LogP contribution in [0.5, 0.6) is 0 Å². The molecule has 2 fully saturated rings. The number of aliphatic hydroxyl groups is 1. The van der Waals surface area contributed by atoms with Gasteiger partial charge in [0.05, 0.1) is 18.8 Å². The molecule has 2 aliphatic rings. The number of ether oxygens (including phenoxy) is 1. The van der Waals surface area contributed by atoms with Gasteiger partial charge in [-0.25, -0.2) is 0 Å². The minimum atomic E-state index is -0.743. The second-order valence-electron chi connectivity index (χ2n) is 10.5. The molecule has 4 rings (SSSR count). The van der Waals surface area contributed by atoms with E-state index in [0.717, 1.165) is 31.5 Å². The quantitative estimate of drug-likeness (QED) is 0.299. The van der Waals surface area contributed by atoms with Gasteiger partial charge in [0.2, 0.25) is 0 Å². The average molecular weight is 492 g/mol. The van der Waals surface area contributed by atoms with Gasteiger partial charge in [-0.1, -0.05) is 72.7 Å². The molecule has 0 bridgehead atoms. The molecule has 36 heavy (non-hydrogen) atoms. The van der Waals surface area contributed by atoms with Gasteiger partial charge in [0.25, 0.3) is 0 Å². The van der Waals surface area contributed by atoms with Gasteiger partial charge >= 0.3 is 5.97 Å². The molecule has 1 heterocycles. The van der Waals surface area contributed by atoms with E-state index in [1.807, 2.05) is 0 Å². The van der Waals surface area contributed by atoms with E-state index < -0.39 is 5.97 Å². The largest absolute Gasteiger partial charge is 0.481 e. The van der Waals surface area contributed by atoms with Crippen LogP contribution in [0, 0.1) is 12.8 Å². The van der Waals surface area contributed by atoms with Crippen LogP contribution in [0.25, 0.3) is 11.1 Å². The SMILES string of the molecule is Cc1ccc(-c2ccc(CO[C@H]3C[C@@H](O)[C@H](N4CCCCC4)[C@H]3C/C=C\CCCC(=O)O)cc2)cc1. The molecule has 1 saturated carbocycles. The number of aryl methyl sites for hydroxylation is 1. The molecule has 0 spiro atoms. The molecular weight excluding hydrogens is 450 g/mol. The van der Waals surface area contributed by atoms with E-state index in [1.165, 1.54) is 36.0 Å². The number of unbranched alkanes of at least 4 members (excludes halogenated alkanes) is 1. The number of allylic oxidation sites excluding steroid dienone is 2. The summed E-state index contributed by atoms with van der Waals surface area (Å²) in [5.74, 6) is -0.506. The van der Waals surface area contributed by atoms with E-state index in [0.29, 0.717) is 19.4 Å². The molecule has 5 nitrogen and oxygen atoms in total. The van der Waals surface area contributed by atoms with E-state index in [-0.39, 0.29) is 30.6 Å². The van der Waals surface area contributed by atoms with Crippen molar-refractivity contribution in [2.45, 2.75) is 83.1 Å². The first kappa shape index (κ1) is 26.6. The molecule has 4 atom stereocenters. The fourth-order valence-electron chi connectivity index (χ4n) is 5.76. The summed E-state index contributed by atoms with van der Waals surface area (Å²) in [7, 11) is 0. The van der Waals surface area contributed by atoms with E-state index in [4.69, 9.17) is 9.84 Å². The molecule has 0 unspecified atom stereocenters. The van der Waals surface area contributed by atoms with Gasteiger partial charge < -0.3 is 14.9 Å². The number of rotatable bonds is 11. The number of benzene rings is 2. The lowest BCUT2D eigenvalue weighted by Crippen LogP contribution is -2.47. The highest BCUT2D eigenvalue weighted by Crippen LogP contribution is 2.37. The molecule has 5 heteroatoms. The molecule has 0 aromatic heterocycles. The first-order chi connectivity index (χ1) is 17.5. The minimum Gasteiger partial charge on any atom is -0.481 e. The Hall–Kier alpha value is -2.47. The monoisotopic (exact) mass is 491 g/mol. The van der Waals surface area contributed by atoms with E-state index in [9.17, 15) is 9.90 Å². The standard InChI is InChI=1S/C31H41NO4/c1-23-11-15-25(16-12-23)26-17-13-24(14-18-26)22-36-29-21-28(33)31(32-19-7-4-8-20-32)27(29)9-5-2-3-6-10-30(34)35/h2,5,11-18,27-29,31,33H,3-4,6-10,19-22H2,1H3,(H,34,35)/b5-2-/t27-,28+,29-,31+/m0/s1. The first-order valence-electron chi connectivity index (χ1n) is 13.6. The van der Waals surface area contributed by atoms with Crippen LogP contribution in [0.2, 0.25) is 0 Å². The van der Waals surface area contributed by atoms with Gasteiger partial charge in [-0.2, -0.15) is 0 Å². The fraction of sp³-hybridized carbons (Fsp3) is 0.516. The van der Waals surface area contributed by atoms with Crippen molar-refractivity contribution in [2.24, 2.45) is 5.92 Å². The van der Waals surface area contributed by atoms with Crippen LogP contribution >= 0.6 is 0 Å². The van der Waals surface area contributed by atoms with Crippen molar-refractivity contribution in [3.63, 3.8) is 0 Å². The second-order valence-corrected chi connectivity index (χ2v) is 10.5. The lowest BCUT2D eigenvalue weighted by molar-refractivity contribution is -0.137. The number of aliphatic hydroxyl groups excluding tert-OH is 1. The molecular formula is C31H41NO4. The van der Waals surface area contributed by atoms with Gasteiger partial charge in [0.15, 0.2) is 0 Å². The summed E-state index contributed by atoms with van der Waals surface area (Å²) < 4.78 is 6.47. The highest BCUT2D eigenvalue weighted by molar-refractivity contribution is 5.66. The Labute approximate surface area is 215 Å². The summed E-state index contributed by atoms with van der Waals surface area (Å²) in [5, 5.41) is 19.9. The highest BCUT2D eigenvalue weighted by Gasteiger charge is 2.45. The van der Waals surface area contributed by atoms with Gasteiger partial charge in [0.1, 0.15) is 0 Å². The number of likely N-dealkylation sites (tertiary alicyclic amines) is 1. The number of carboxylic acid groups (broad SMARTS) is 1. The second kappa shape index (κ2) is 13.2. The number of carbonyl (C=O) groups is 1. The zero-order valence-electron chi connectivity index (χ0n) is 21.5. The Morgan fingerprint density at radius 3 is 2.33 bits per heavy atom. The lowest BCUT2D eigenvalue weighted by Gasteiger charge is -2.37. The topological polar surface area (TPSA) is 70.0 Å². The molecule has 2 aromatic carbocycles. The third-order valence-corrected chi connectivity index (χ3v) is 7.74. The molecule has 194 valence electrons. The number of carboxylic acids is 1. The number of piperidine rings is 1. The summed E-state index contributed by atoms with van der Waals surface area (Å²) in [6.07, 6.45) is 10.7. The summed E-state index contributed by atoms with van der Waals surface area (Å²) in [5.41, 5.74) is 4.82. The van der Waals surface area contributed by atoms with Crippen LogP contribution in [-0.2, 0) is 16.1 Å². The Morgan fingerprint density at radius 1 is 1.00 bits per heavy atom. The Kier molecular flexibility index (Phi) is 9.74. The minimum absolute atomic E-state index is 0.00683. The zero-order chi connectivity index (χ0) is 25.3. The Bertz CT molecular complexity index is 979. The third-order valence-electron chi connectivity index (χ3n) is 7.74. The van der Waals surface area contributed by atoms with Gasteiger partial charge in [-0.3, -0.25) is 9.69 Å². The molecule has 2 N–H and O–H groups in total. The van der Waals surface area contributed by atoms with Gasteiger partial charge in [-0.05, 0) is 68.8 Å². The zero-order valence-corrected chi connectivity index (χ0v) is 21.5. The summed E-state index contributed by atoms with van der Waals surface area (Å²) in [6, 6.07) is 17.3. The maximum absolute atomic E-state index is 11.1. The maximum atomic E-state index is 11.1. The molecule has 0 radical (unpaired) electrons. The molecule has 0 amide bonds. The Morgan fingerprint density at radius 2 is 1.67 bits per heavy atom. The van der Waals surface area contributed by atoms with Crippen LogP contribution in [0.4, 0.5) is 0 Å². The van der Waals surface area contributed by atoms with Crippen LogP contribution in [0.1, 0.15) is 62.5 Å². The van der Waals surface area contributed by atoms with Gasteiger partial charge in [-0.15, -0.1) is 0 Å². The first-order valence-corrected chi connectivity index (χ1v) is 13.6. The molecule has 1 saturated heterocycles. The van der Waals surface area contributed by atoms with Crippen molar-refractivity contribution >= 4 is 5.97 Å². The predicted molar refractivity (Wildman–Crippen MR) is 144 cm³/mol. The molecule has 2 aromatic rings. The van der Waals surface area contributed by atoms with Crippen LogP contribution in [0.15, 0.2) is 60.7 Å². The van der Waals surface area contributed by atoms with Crippen LogP contribution in [-0.4, -0.2) is 52.4 Å². The van der Waals surface area contributed by atoms with E-state index in [1.54, 1.807) is 0 Å². The van der Waals surface area contributed by atoms with Crippen molar-refractivity contribution in [3.8, 4) is 11.1 Å². The predicted octanol–water partition coefficient (Wildman–Crippen LogP) is 5.98. The average Bonchev–Trinajstić information content (AvgIpc) is 3.20. The molecule has 1 aliphatic carbocycles. The van der Waals surface area contributed by atoms with E-state index >= 15 is 0 Å². The Balaban J connectivity index is 1.38. The smallest absolute Gasteiger partial charge is 0.303 e. The van der Waals surface area contributed by atoms with Crippen molar-refractivity contribution in [1.82, 2.24) is 4.90 Å². The van der Waals surface area contributed by atoms with Crippen LogP contribution in [0.3, 0.4) is 0 Å². The summed E-state index contributed by atoms with van der Waals surface area (Å²) in [4.78, 5) is 13.2. The number of hydrogen-bond donors (Lipinski definition) is 2. The van der Waals surface area contributed by atoms with Crippen LogP contribution < -0.4 is 0 Å². The van der Waals surface area contributed by atoms with Gasteiger partial charge in [0, 0.05) is 24.8 Å². The summed E-state index contributed by atoms with van der Waals surface area (Å²) in [6.45, 7) is 4.74. The number of hydrogen-bond acceptors (Lipinski definition) is 4. The summed E-state index contributed by atoms with van der Waals surface area (Å²) >= 11 is 0. The third kappa shape index (κ3) is 7.28. The normalized spacial score (nSPS) is 24.9. The van der Waals surface area contributed by atoms with E-state index in [2.05, 4.69) is 72.5 Å². The van der Waals surface area contributed by atoms with Crippen molar-refractivity contribution in [3.05, 3.63) is 71.8 Å². The number of nitrogens with zero attached hydrogens (tertiary/aromatic N) is 1. The van der Waals surface area contributed by atoms with Crippen molar-refractivity contribution < 1.29 is 19.7 Å². The maximum Gasteiger partial charge on any atom is 0.303 e. The van der Waals surface area contributed by atoms with Crippen molar-refractivity contribution in [2.75, 3.05) is 13.1 Å². The van der Waals surface area contributed by atoms with Crippen molar-refractivity contribution in [1.29, 1.82) is 0 Å².